The van der Waals surface area contributed by atoms with Gasteiger partial charge in [-0.05, 0) is 17.7 Å². The van der Waals surface area contributed by atoms with Gasteiger partial charge in [-0.2, -0.15) is 0 Å². The van der Waals surface area contributed by atoms with Gasteiger partial charge in [-0.3, -0.25) is 4.79 Å². The molecule has 2 aromatic rings. The van der Waals surface area contributed by atoms with Crippen molar-refractivity contribution in [2.75, 3.05) is 14.2 Å². The number of carbonyl (C=O) groups is 1. The van der Waals surface area contributed by atoms with E-state index >= 15 is 0 Å². The number of aromatic nitrogens is 2. The summed E-state index contributed by atoms with van der Waals surface area (Å²) in [6.45, 7) is 1.91. The van der Waals surface area contributed by atoms with Crippen LogP contribution in [0.25, 0.3) is 0 Å². The van der Waals surface area contributed by atoms with Crippen LogP contribution in [0.15, 0.2) is 22.6 Å². The van der Waals surface area contributed by atoms with Gasteiger partial charge < -0.3 is 19.2 Å². The van der Waals surface area contributed by atoms with Gasteiger partial charge in [0.2, 0.25) is 17.7 Å². The van der Waals surface area contributed by atoms with E-state index in [9.17, 15) is 4.79 Å². The Bertz CT molecular complexity index is 624. The molecule has 0 aliphatic heterocycles. The van der Waals surface area contributed by atoms with Gasteiger partial charge in [0, 0.05) is 6.92 Å². The molecule has 1 aromatic carbocycles. The summed E-state index contributed by atoms with van der Waals surface area (Å²) in [5, 5.41) is 10.2. The zero-order valence-corrected chi connectivity index (χ0v) is 12.2. The Balaban J connectivity index is 1.93. The lowest BCUT2D eigenvalue weighted by atomic mass is 10.1. The minimum absolute atomic E-state index is 0.141. The second-order valence-electron chi connectivity index (χ2n) is 4.36. The Hall–Kier alpha value is -2.57. The van der Waals surface area contributed by atoms with Gasteiger partial charge in [0.05, 0.1) is 27.2 Å². The number of methoxy groups -OCH3 is 2. The average Bonchev–Trinajstić information content (AvgIpc) is 2.90. The number of rotatable bonds is 6. The lowest BCUT2D eigenvalue weighted by Crippen LogP contribution is -2.24. The first-order chi connectivity index (χ1) is 10.1. The predicted molar refractivity (Wildman–Crippen MR) is 74.1 cm³/mol. The van der Waals surface area contributed by atoms with E-state index in [0.29, 0.717) is 23.3 Å². The van der Waals surface area contributed by atoms with E-state index < -0.39 is 0 Å². The molecule has 0 aliphatic rings. The van der Waals surface area contributed by atoms with Crippen molar-refractivity contribution in [2.45, 2.75) is 19.9 Å². The van der Waals surface area contributed by atoms with E-state index in [1.54, 1.807) is 33.3 Å². The minimum atomic E-state index is -0.141. The van der Waals surface area contributed by atoms with Crippen LogP contribution in [0, 0.1) is 6.92 Å². The van der Waals surface area contributed by atoms with E-state index in [1.165, 1.54) is 0 Å². The van der Waals surface area contributed by atoms with Crippen LogP contribution < -0.4 is 14.8 Å². The number of nitrogens with zero attached hydrogens (tertiary/aromatic N) is 2. The summed E-state index contributed by atoms with van der Waals surface area (Å²) in [6, 6.07) is 5.36. The predicted octanol–water partition coefficient (Wildman–Crippen LogP) is 1.25. The smallest absolute Gasteiger partial charge is 0.235 e. The molecule has 21 heavy (non-hydrogen) atoms. The van der Waals surface area contributed by atoms with E-state index in [2.05, 4.69) is 15.5 Å². The lowest BCUT2D eigenvalue weighted by molar-refractivity contribution is -0.120. The average molecular weight is 291 g/mol. The van der Waals surface area contributed by atoms with Gasteiger partial charge in [-0.1, -0.05) is 6.07 Å². The number of benzene rings is 1. The molecule has 1 heterocycles. The molecular weight excluding hydrogens is 274 g/mol. The van der Waals surface area contributed by atoms with Crippen LogP contribution in [0.1, 0.15) is 17.3 Å². The van der Waals surface area contributed by atoms with Gasteiger partial charge >= 0.3 is 0 Å². The SMILES string of the molecule is COc1ccc(CC(=O)NCc2nnc(C)o2)cc1OC. The highest BCUT2D eigenvalue weighted by molar-refractivity contribution is 5.78. The number of ether oxygens (including phenoxy) is 2. The Morgan fingerprint density at radius 1 is 1.24 bits per heavy atom. The standard InChI is InChI=1S/C14H17N3O4/c1-9-16-17-14(21-9)8-15-13(18)7-10-4-5-11(19-2)12(6-10)20-3/h4-6H,7-8H2,1-3H3,(H,15,18). The molecule has 0 fully saturated rings. The number of hydrogen-bond donors (Lipinski definition) is 1. The molecule has 1 aromatic heterocycles. The summed E-state index contributed by atoms with van der Waals surface area (Å²) < 4.78 is 15.5. The molecular formula is C14H17N3O4. The fraction of sp³-hybridized carbons (Fsp3) is 0.357. The molecule has 0 bridgehead atoms. The van der Waals surface area contributed by atoms with Crippen molar-refractivity contribution in [1.29, 1.82) is 0 Å². The first-order valence-corrected chi connectivity index (χ1v) is 6.39. The highest BCUT2D eigenvalue weighted by Crippen LogP contribution is 2.27. The molecule has 0 spiro atoms. The highest BCUT2D eigenvalue weighted by Gasteiger charge is 2.09. The van der Waals surface area contributed by atoms with Crippen LogP contribution in [-0.4, -0.2) is 30.3 Å². The first kappa shape index (κ1) is 14.8. The number of amides is 1. The Kier molecular flexibility index (Phi) is 4.76. The van der Waals surface area contributed by atoms with Crippen molar-refractivity contribution in [3.63, 3.8) is 0 Å². The van der Waals surface area contributed by atoms with Crippen molar-refractivity contribution in [1.82, 2.24) is 15.5 Å². The van der Waals surface area contributed by atoms with E-state index in [0.717, 1.165) is 5.56 Å². The number of nitrogens with one attached hydrogen (secondary N) is 1. The van der Waals surface area contributed by atoms with E-state index in [4.69, 9.17) is 13.9 Å². The molecule has 0 saturated heterocycles. The lowest BCUT2D eigenvalue weighted by Gasteiger charge is -2.09. The first-order valence-electron chi connectivity index (χ1n) is 6.39. The highest BCUT2D eigenvalue weighted by atomic mass is 16.5. The third kappa shape index (κ3) is 3.95. The topological polar surface area (TPSA) is 86.5 Å². The molecule has 7 heteroatoms. The number of hydrogen-bond acceptors (Lipinski definition) is 6. The Morgan fingerprint density at radius 2 is 2.00 bits per heavy atom. The van der Waals surface area contributed by atoms with Crippen molar-refractivity contribution in [3.8, 4) is 11.5 Å². The monoisotopic (exact) mass is 291 g/mol. The van der Waals surface area contributed by atoms with Gasteiger partial charge in [-0.15, -0.1) is 10.2 Å². The summed E-state index contributed by atoms with van der Waals surface area (Å²) in [5.74, 6) is 1.93. The Morgan fingerprint density at radius 3 is 2.62 bits per heavy atom. The third-order valence-electron chi connectivity index (χ3n) is 2.82. The maximum absolute atomic E-state index is 11.9. The molecule has 0 saturated carbocycles. The zero-order valence-electron chi connectivity index (χ0n) is 12.2. The number of carbonyl (C=O) groups excluding carboxylic acids is 1. The summed E-state index contributed by atoms with van der Waals surface area (Å²) in [4.78, 5) is 11.9. The summed E-state index contributed by atoms with van der Waals surface area (Å²) in [7, 11) is 3.12. The largest absolute Gasteiger partial charge is 0.493 e. The second-order valence-corrected chi connectivity index (χ2v) is 4.36. The van der Waals surface area contributed by atoms with Gasteiger partial charge in [0.1, 0.15) is 0 Å². The summed E-state index contributed by atoms with van der Waals surface area (Å²) in [5.41, 5.74) is 0.826. The molecule has 0 atom stereocenters. The maximum atomic E-state index is 11.9. The van der Waals surface area contributed by atoms with E-state index in [1.807, 2.05) is 6.07 Å². The number of aryl methyl sites for hydroxylation is 1. The van der Waals surface area contributed by atoms with E-state index in [-0.39, 0.29) is 18.9 Å². The Labute approximate surface area is 122 Å². The van der Waals surface area contributed by atoms with Crippen LogP contribution in [0.4, 0.5) is 0 Å². The van der Waals surface area contributed by atoms with Crippen LogP contribution in [0.3, 0.4) is 0 Å². The fourth-order valence-corrected chi connectivity index (χ4v) is 1.82. The van der Waals surface area contributed by atoms with Gasteiger partial charge in [-0.25, -0.2) is 0 Å². The molecule has 2 rings (SSSR count). The quantitative estimate of drug-likeness (QED) is 0.862. The molecule has 0 unspecified atom stereocenters. The normalized spacial score (nSPS) is 10.2. The summed E-state index contributed by atoms with van der Waals surface area (Å²) >= 11 is 0. The van der Waals surface area contributed by atoms with Crippen molar-refractivity contribution in [2.24, 2.45) is 0 Å². The molecule has 0 radical (unpaired) electrons. The summed E-state index contributed by atoms with van der Waals surface area (Å²) in [6.07, 6.45) is 0.230. The second kappa shape index (κ2) is 6.74. The van der Waals surface area contributed by atoms with Crippen LogP contribution in [0.5, 0.6) is 11.5 Å². The molecule has 1 amide bonds. The molecule has 7 nitrogen and oxygen atoms in total. The van der Waals surface area contributed by atoms with Gasteiger partial charge in [0.15, 0.2) is 11.5 Å². The van der Waals surface area contributed by atoms with Crippen molar-refractivity contribution < 1.29 is 18.7 Å². The fourth-order valence-electron chi connectivity index (χ4n) is 1.82. The minimum Gasteiger partial charge on any atom is -0.493 e. The van der Waals surface area contributed by atoms with Crippen LogP contribution >= 0.6 is 0 Å². The zero-order chi connectivity index (χ0) is 15.2. The van der Waals surface area contributed by atoms with Crippen molar-refractivity contribution >= 4 is 5.91 Å². The molecule has 0 aliphatic carbocycles. The van der Waals surface area contributed by atoms with Gasteiger partial charge in [0.25, 0.3) is 0 Å². The van der Waals surface area contributed by atoms with Crippen molar-refractivity contribution in [3.05, 3.63) is 35.5 Å². The maximum Gasteiger partial charge on any atom is 0.235 e. The molecule has 112 valence electrons. The third-order valence-corrected chi connectivity index (χ3v) is 2.82. The molecule has 1 N–H and O–H groups in total. The van der Waals surface area contributed by atoms with Crippen LogP contribution in [0.2, 0.25) is 0 Å². The van der Waals surface area contributed by atoms with Crippen LogP contribution in [-0.2, 0) is 17.8 Å².